The van der Waals surface area contributed by atoms with Crippen molar-refractivity contribution in [1.29, 1.82) is 0 Å². The van der Waals surface area contributed by atoms with E-state index in [1.807, 2.05) is 0 Å². The van der Waals surface area contributed by atoms with Gasteiger partial charge in [-0.05, 0) is 48.2 Å². The lowest BCUT2D eigenvalue weighted by atomic mass is 10.0. The number of sulfonamides is 1. The van der Waals surface area contributed by atoms with Gasteiger partial charge in [0.1, 0.15) is 27.9 Å². The summed E-state index contributed by atoms with van der Waals surface area (Å²) in [7, 11) is -3.94. The molecule has 0 bridgehead atoms. The van der Waals surface area contributed by atoms with Gasteiger partial charge in [0.25, 0.3) is 0 Å². The summed E-state index contributed by atoms with van der Waals surface area (Å²) in [6, 6.07) is 6.40. The number of nitrogens with zero attached hydrogens (tertiary/aromatic N) is 1. The van der Waals surface area contributed by atoms with Crippen molar-refractivity contribution in [2.45, 2.75) is 31.6 Å². The highest BCUT2D eigenvalue weighted by Crippen LogP contribution is 2.34. The molecule has 0 saturated heterocycles. The Balaban J connectivity index is 2.39. The van der Waals surface area contributed by atoms with Gasteiger partial charge in [0.2, 0.25) is 10.0 Å². The number of phenols is 4. The van der Waals surface area contributed by atoms with E-state index < -0.39 is 15.8 Å². The van der Waals surface area contributed by atoms with Crippen LogP contribution in [-0.2, 0) is 22.9 Å². The molecule has 142 valence electrons. The zero-order valence-corrected chi connectivity index (χ0v) is 15.5. The van der Waals surface area contributed by atoms with Gasteiger partial charge in [0, 0.05) is 19.2 Å². The molecule has 26 heavy (non-hydrogen) atoms. The predicted molar refractivity (Wildman–Crippen MR) is 97.1 cm³/mol. The summed E-state index contributed by atoms with van der Waals surface area (Å²) < 4.78 is 26.5. The first-order chi connectivity index (χ1) is 12.2. The van der Waals surface area contributed by atoms with Crippen LogP contribution in [0.15, 0.2) is 35.2 Å². The molecule has 0 aliphatic carbocycles. The first kappa shape index (κ1) is 19.9. The number of aryl methyl sites for hydroxylation is 2. The minimum atomic E-state index is -3.94. The molecule has 8 heteroatoms. The molecule has 2 rings (SSSR count). The van der Waals surface area contributed by atoms with E-state index in [4.69, 9.17) is 0 Å². The Hall–Kier alpha value is -2.45. The Morgan fingerprint density at radius 3 is 2.04 bits per heavy atom. The first-order valence-corrected chi connectivity index (χ1v) is 9.70. The highest BCUT2D eigenvalue weighted by Gasteiger charge is 2.27. The van der Waals surface area contributed by atoms with E-state index in [0.29, 0.717) is 5.56 Å². The lowest BCUT2D eigenvalue weighted by molar-refractivity contribution is 0.419. The molecule has 0 aliphatic rings. The Morgan fingerprint density at radius 2 is 1.42 bits per heavy atom. The number of phenolic OH excluding ortho intramolecular Hbond substituents is 4. The molecule has 4 N–H and O–H groups in total. The van der Waals surface area contributed by atoms with E-state index in [9.17, 15) is 28.8 Å². The summed E-state index contributed by atoms with van der Waals surface area (Å²) in [6.07, 6.45) is 0.403. The molecule has 0 heterocycles. The third-order valence-corrected chi connectivity index (χ3v) is 6.25. The van der Waals surface area contributed by atoms with Gasteiger partial charge in [0.15, 0.2) is 0 Å². The number of benzene rings is 2. The number of aromatic hydroxyl groups is 4. The second kappa shape index (κ2) is 7.84. The van der Waals surface area contributed by atoms with Crippen LogP contribution in [0.3, 0.4) is 0 Å². The van der Waals surface area contributed by atoms with E-state index in [1.165, 1.54) is 28.6 Å². The largest absolute Gasteiger partial charge is 0.508 e. The third kappa shape index (κ3) is 4.03. The number of hydrogen-bond donors (Lipinski definition) is 4. The van der Waals surface area contributed by atoms with Crippen LogP contribution in [0, 0.1) is 0 Å². The fraction of sp³-hybridized carbons (Fsp3) is 0.333. The molecule has 0 amide bonds. The lowest BCUT2D eigenvalue weighted by Gasteiger charge is -2.20. The molecule has 0 atom stereocenters. The molecule has 0 spiro atoms. The topological polar surface area (TPSA) is 118 Å². The molecule has 0 aliphatic heterocycles. The minimum Gasteiger partial charge on any atom is -0.508 e. The van der Waals surface area contributed by atoms with Crippen LogP contribution >= 0.6 is 0 Å². The van der Waals surface area contributed by atoms with Crippen LogP contribution in [0.2, 0.25) is 0 Å². The van der Waals surface area contributed by atoms with Crippen molar-refractivity contribution in [2.24, 2.45) is 0 Å². The summed E-state index contributed by atoms with van der Waals surface area (Å²) in [5.41, 5.74) is 0.680. The van der Waals surface area contributed by atoms with Crippen molar-refractivity contribution < 1.29 is 28.8 Å². The van der Waals surface area contributed by atoms with Crippen molar-refractivity contribution in [1.82, 2.24) is 4.31 Å². The monoisotopic (exact) mass is 381 g/mol. The Kier molecular flexibility index (Phi) is 5.99. The van der Waals surface area contributed by atoms with Crippen molar-refractivity contribution in [3.63, 3.8) is 0 Å². The third-order valence-electron chi connectivity index (χ3n) is 4.19. The lowest BCUT2D eigenvalue weighted by Crippen LogP contribution is -2.30. The van der Waals surface area contributed by atoms with Crippen LogP contribution < -0.4 is 0 Å². The average molecular weight is 381 g/mol. The number of hydrogen-bond acceptors (Lipinski definition) is 6. The fourth-order valence-corrected chi connectivity index (χ4v) is 4.38. The number of rotatable bonds is 7. The molecule has 7 nitrogen and oxygen atoms in total. The summed E-state index contributed by atoms with van der Waals surface area (Å²) in [6.45, 7) is 3.85. The normalized spacial score (nSPS) is 11.8. The summed E-state index contributed by atoms with van der Waals surface area (Å²) in [5, 5.41) is 39.7. The van der Waals surface area contributed by atoms with Crippen LogP contribution in [0.5, 0.6) is 23.0 Å². The van der Waals surface area contributed by atoms with Gasteiger partial charge in [-0.1, -0.05) is 13.8 Å². The van der Waals surface area contributed by atoms with Gasteiger partial charge in [-0.25, -0.2) is 8.42 Å². The van der Waals surface area contributed by atoms with E-state index in [1.54, 1.807) is 13.8 Å². The molecule has 0 fully saturated rings. The van der Waals surface area contributed by atoms with E-state index in [0.717, 1.165) is 6.07 Å². The van der Waals surface area contributed by atoms with Crippen molar-refractivity contribution in [2.75, 3.05) is 13.1 Å². The molecule has 0 unspecified atom stereocenters. The predicted octanol–water partition coefficient (Wildman–Crippen LogP) is 2.32. The summed E-state index contributed by atoms with van der Waals surface area (Å²) in [5.74, 6) is -0.723. The molecule has 0 radical (unpaired) electrons. The fourth-order valence-electron chi connectivity index (χ4n) is 2.78. The Morgan fingerprint density at radius 1 is 0.846 bits per heavy atom. The quantitative estimate of drug-likeness (QED) is 0.547. The maximum absolute atomic E-state index is 12.7. The molecule has 2 aromatic rings. The average Bonchev–Trinajstić information content (AvgIpc) is 2.58. The van der Waals surface area contributed by atoms with Crippen molar-refractivity contribution >= 4 is 10.0 Å². The molecular formula is C18H23NO6S. The van der Waals surface area contributed by atoms with Gasteiger partial charge in [-0.3, -0.25) is 0 Å². The van der Waals surface area contributed by atoms with E-state index in [-0.39, 0.29) is 53.6 Å². The van der Waals surface area contributed by atoms with E-state index >= 15 is 0 Å². The zero-order valence-electron chi connectivity index (χ0n) is 14.7. The van der Waals surface area contributed by atoms with Crippen LogP contribution in [0.4, 0.5) is 0 Å². The van der Waals surface area contributed by atoms with Crippen LogP contribution in [-0.4, -0.2) is 46.2 Å². The minimum absolute atomic E-state index is 0.0114. The maximum Gasteiger partial charge on any atom is 0.246 e. The standard InChI is InChI=1S/C18H23NO6S/c1-3-19(4-2)26(24,25)17-11-15(21)10-13(18(17)23)6-5-12-9-14(20)7-8-16(12)22/h7-11,20-23H,3-6H2,1-2H3. The van der Waals surface area contributed by atoms with Gasteiger partial charge in [0.05, 0.1) is 0 Å². The van der Waals surface area contributed by atoms with Gasteiger partial charge in [-0.15, -0.1) is 0 Å². The van der Waals surface area contributed by atoms with Gasteiger partial charge < -0.3 is 20.4 Å². The highest BCUT2D eigenvalue weighted by molar-refractivity contribution is 7.89. The van der Waals surface area contributed by atoms with Crippen molar-refractivity contribution in [3.05, 3.63) is 41.5 Å². The van der Waals surface area contributed by atoms with Crippen LogP contribution in [0.1, 0.15) is 25.0 Å². The molecule has 0 saturated carbocycles. The molecule has 0 aromatic heterocycles. The van der Waals surface area contributed by atoms with Crippen molar-refractivity contribution in [3.8, 4) is 23.0 Å². The Labute approximate surface area is 152 Å². The van der Waals surface area contributed by atoms with Gasteiger partial charge in [-0.2, -0.15) is 4.31 Å². The molecular weight excluding hydrogens is 358 g/mol. The summed E-state index contributed by atoms with van der Waals surface area (Å²) >= 11 is 0. The Bertz CT molecular complexity index is 891. The second-order valence-corrected chi connectivity index (χ2v) is 7.76. The zero-order chi connectivity index (χ0) is 19.5. The maximum atomic E-state index is 12.7. The SMILES string of the molecule is CCN(CC)S(=O)(=O)c1cc(O)cc(CCc2cc(O)ccc2O)c1O. The smallest absolute Gasteiger partial charge is 0.246 e. The highest BCUT2D eigenvalue weighted by atomic mass is 32.2. The first-order valence-electron chi connectivity index (χ1n) is 8.26. The summed E-state index contributed by atoms with van der Waals surface area (Å²) in [4.78, 5) is -0.351. The van der Waals surface area contributed by atoms with Gasteiger partial charge >= 0.3 is 0 Å². The molecule has 2 aromatic carbocycles. The van der Waals surface area contributed by atoms with E-state index in [2.05, 4.69) is 0 Å². The second-order valence-electron chi connectivity index (χ2n) is 5.85. The van der Waals surface area contributed by atoms with Crippen LogP contribution in [0.25, 0.3) is 0 Å².